The second-order valence-electron chi connectivity index (χ2n) is 7.05. The fourth-order valence-corrected chi connectivity index (χ4v) is 4.06. The van der Waals surface area contributed by atoms with E-state index in [0.29, 0.717) is 16.4 Å². The molecule has 3 heterocycles. The molecule has 0 aliphatic carbocycles. The number of alkyl halides is 3. The SMILES string of the molecule is Cc1c2cc[n+](C)c2cc2oc3cc(C(F)(F)F)cc4ccn(C)c(c12)c43. The second kappa shape index (κ2) is 5.03. The summed E-state index contributed by atoms with van der Waals surface area (Å²) in [7, 11) is 3.84. The number of fused-ring (bicyclic) bond motifs is 3. The van der Waals surface area contributed by atoms with Crippen molar-refractivity contribution in [2.24, 2.45) is 14.1 Å². The third-order valence-corrected chi connectivity index (χ3v) is 5.40. The zero-order valence-corrected chi connectivity index (χ0v) is 15.0. The molecule has 6 heteroatoms. The van der Waals surface area contributed by atoms with Crippen LogP contribution in [0, 0.1) is 6.92 Å². The first-order valence-electron chi connectivity index (χ1n) is 8.56. The Morgan fingerprint density at radius 3 is 2.52 bits per heavy atom. The van der Waals surface area contributed by atoms with E-state index in [0.717, 1.165) is 33.4 Å². The molecule has 5 aromatic rings. The topological polar surface area (TPSA) is 21.9 Å². The van der Waals surface area contributed by atoms with Gasteiger partial charge in [-0.05, 0) is 36.1 Å². The van der Waals surface area contributed by atoms with Crippen molar-refractivity contribution in [3.05, 3.63) is 53.9 Å². The highest BCUT2D eigenvalue weighted by Crippen LogP contribution is 2.40. The van der Waals surface area contributed by atoms with Gasteiger partial charge in [0.25, 0.3) is 0 Å². The second-order valence-corrected chi connectivity index (χ2v) is 7.05. The Labute approximate surface area is 152 Å². The largest absolute Gasteiger partial charge is 0.456 e. The molecule has 0 N–H and O–H groups in total. The molecule has 0 atom stereocenters. The zero-order chi connectivity index (χ0) is 19.1. The minimum Gasteiger partial charge on any atom is -0.456 e. The summed E-state index contributed by atoms with van der Waals surface area (Å²) in [4.78, 5) is 0. The molecule has 5 rings (SSSR count). The van der Waals surface area contributed by atoms with Gasteiger partial charge in [-0.2, -0.15) is 13.2 Å². The molecule has 0 saturated carbocycles. The van der Waals surface area contributed by atoms with E-state index < -0.39 is 11.7 Å². The summed E-state index contributed by atoms with van der Waals surface area (Å²) >= 11 is 0. The Kier molecular flexibility index (Phi) is 3.01. The average Bonchev–Trinajstić information content (AvgIpc) is 2.97. The Hall–Kier alpha value is -3.02. The molecule has 0 amide bonds. The summed E-state index contributed by atoms with van der Waals surface area (Å²) in [5, 5.41) is 3.26. The highest BCUT2D eigenvalue weighted by Gasteiger charge is 2.32. The predicted octanol–water partition coefficient (Wildman–Crippen LogP) is 5.38. The molecule has 0 bridgehead atoms. The van der Waals surface area contributed by atoms with E-state index in [-0.39, 0.29) is 5.58 Å². The number of hydrogen-bond acceptors (Lipinski definition) is 1. The van der Waals surface area contributed by atoms with Crippen molar-refractivity contribution in [2.45, 2.75) is 13.1 Å². The number of benzene rings is 2. The number of halogens is 3. The minimum absolute atomic E-state index is 0.242. The third kappa shape index (κ3) is 2.13. The lowest BCUT2D eigenvalue weighted by Gasteiger charge is -2.16. The van der Waals surface area contributed by atoms with Crippen molar-refractivity contribution >= 4 is 43.7 Å². The number of pyridine rings is 1. The van der Waals surface area contributed by atoms with Crippen molar-refractivity contribution < 1.29 is 22.2 Å². The number of aryl methyl sites for hydroxylation is 3. The van der Waals surface area contributed by atoms with Crippen LogP contribution < -0.4 is 4.57 Å². The van der Waals surface area contributed by atoms with Crippen molar-refractivity contribution in [2.75, 3.05) is 0 Å². The highest BCUT2D eigenvalue weighted by molar-refractivity contribution is 6.19. The predicted molar refractivity (Wildman–Crippen MR) is 98.6 cm³/mol. The lowest BCUT2D eigenvalue weighted by Crippen LogP contribution is -2.24. The normalized spacial score (nSPS) is 12.8. The van der Waals surface area contributed by atoms with E-state index in [4.69, 9.17) is 4.42 Å². The fraction of sp³-hybridized carbons (Fsp3) is 0.190. The third-order valence-electron chi connectivity index (χ3n) is 5.40. The molecule has 0 aliphatic heterocycles. The molecular weight excluding hydrogens is 353 g/mol. The van der Waals surface area contributed by atoms with Gasteiger partial charge >= 0.3 is 6.18 Å². The number of rotatable bonds is 0. The molecule has 3 nitrogen and oxygen atoms in total. The highest BCUT2D eigenvalue weighted by atomic mass is 19.4. The van der Waals surface area contributed by atoms with Crippen LogP contribution in [0.5, 0.6) is 0 Å². The maximum absolute atomic E-state index is 13.3. The lowest BCUT2D eigenvalue weighted by atomic mass is 9.99. The van der Waals surface area contributed by atoms with Crippen LogP contribution in [-0.2, 0) is 20.3 Å². The van der Waals surface area contributed by atoms with Gasteiger partial charge in [-0.1, -0.05) is 0 Å². The standard InChI is InChI=1S/C21H16F3N2O/c1-11-14-5-7-25(2)15(14)10-17-18(11)20-19-12(4-6-26(20)3)8-13(21(22,23)24)9-16(19)27-17/h4-10H,1-3H3/q+1. The first-order chi connectivity index (χ1) is 12.8. The van der Waals surface area contributed by atoms with Crippen LogP contribution in [0.4, 0.5) is 13.2 Å². The van der Waals surface area contributed by atoms with E-state index in [9.17, 15) is 13.2 Å². The van der Waals surface area contributed by atoms with Gasteiger partial charge in [0, 0.05) is 30.1 Å². The number of nitrogens with zero attached hydrogens (tertiary/aromatic N) is 2. The summed E-state index contributed by atoms with van der Waals surface area (Å²) in [6, 6.07) is 7.93. The molecule has 0 saturated heterocycles. The molecule has 0 spiro atoms. The molecule has 0 aliphatic rings. The molecule has 0 unspecified atom stereocenters. The van der Waals surface area contributed by atoms with Crippen molar-refractivity contribution in [3.8, 4) is 0 Å². The van der Waals surface area contributed by atoms with Crippen LogP contribution >= 0.6 is 0 Å². The van der Waals surface area contributed by atoms with Gasteiger partial charge in [0.15, 0.2) is 6.20 Å². The molecule has 2 aromatic carbocycles. The molecular formula is C21H16F3N2O+. The van der Waals surface area contributed by atoms with Crippen LogP contribution in [0.15, 0.2) is 47.1 Å². The smallest absolute Gasteiger partial charge is 0.416 e. The van der Waals surface area contributed by atoms with E-state index in [1.807, 2.05) is 48.5 Å². The Morgan fingerprint density at radius 1 is 1.04 bits per heavy atom. The van der Waals surface area contributed by atoms with E-state index in [1.54, 1.807) is 12.3 Å². The average molecular weight is 369 g/mol. The van der Waals surface area contributed by atoms with Gasteiger partial charge in [0.1, 0.15) is 18.2 Å². The maximum atomic E-state index is 13.3. The maximum Gasteiger partial charge on any atom is 0.416 e. The van der Waals surface area contributed by atoms with E-state index in [1.165, 1.54) is 6.07 Å². The van der Waals surface area contributed by atoms with Crippen LogP contribution in [0.25, 0.3) is 43.7 Å². The van der Waals surface area contributed by atoms with Gasteiger partial charge in [0.2, 0.25) is 5.52 Å². The van der Waals surface area contributed by atoms with Gasteiger partial charge in [-0.15, -0.1) is 0 Å². The molecule has 136 valence electrons. The first kappa shape index (κ1) is 16.2. The van der Waals surface area contributed by atoms with Gasteiger partial charge in [-0.3, -0.25) is 0 Å². The van der Waals surface area contributed by atoms with Crippen LogP contribution in [0.1, 0.15) is 11.1 Å². The van der Waals surface area contributed by atoms with Gasteiger partial charge < -0.3 is 8.98 Å². The monoisotopic (exact) mass is 369 g/mol. The number of hydrogen-bond donors (Lipinski definition) is 0. The summed E-state index contributed by atoms with van der Waals surface area (Å²) in [5.74, 6) is 0. The van der Waals surface area contributed by atoms with Gasteiger partial charge in [-0.25, -0.2) is 4.57 Å². The van der Waals surface area contributed by atoms with E-state index in [2.05, 4.69) is 0 Å². The van der Waals surface area contributed by atoms with E-state index >= 15 is 0 Å². The fourth-order valence-electron chi connectivity index (χ4n) is 4.06. The Balaban J connectivity index is 2.08. The lowest BCUT2D eigenvalue weighted by molar-refractivity contribution is -0.642. The quantitative estimate of drug-likeness (QED) is 0.204. The molecule has 0 radical (unpaired) electrons. The van der Waals surface area contributed by atoms with Gasteiger partial charge in [0.05, 0.1) is 22.5 Å². The van der Waals surface area contributed by atoms with Crippen molar-refractivity contribution in [1.29, 1.82) is 0 Å². The minimum atomic E-state index is -4.43. The zero-order valence-electron chi connectivity index (χ0n) is 15.0. The molecule has 27 heavy (non-hydrogen) atoms. The molecule has 3 aromatic heterocycles. The molecule has 0 fully saturated rings. The summed E-state index contributed by atoms with van der Waals surface area (Å²) in [6.45, 7) is 2.03. The van der Waals surface area contributed by atoms with Crippen molar-refractivity contribution in [3.63, 3.8) is 0 Å². The Bertz CT molecular complexity index is 1390. The summed E-state index contributed by atoms with van der Waals surface area (Å²) in [5.41, 5.74) is 3.03. The van der Waals surface area contributed by atoms with Crippen molar-refractivity contribution in [1.82, 2.24) is 4.57 Å². The van der Waals surface area contributed by atoms with Crippen LogP contribution in [-0.4, -0.2) is 4.57 Å². The summed E-state index contributed by atoms with van der Waals surface area (Å²) in [6.07, 6.45) is -0.658. The summed E-state index contributed by atoms with van der Waals surface area (Å²) < 4.78 is 50.0. The number of aromatic nitrogens is 2. The van der Waals surface area contributed by atoms with Crippen LogP contribution in [0.3, 0.4) is 0 Å². The first-order valence-corrected chi connectivity index (χ1v) is 8.56. The van der Waals surface area contributed by atoms with Crippen LogP contribution in [0.2, 0.25) is 0 Å². The Morgan fingerprint density at radius 2 is 1.78 bits per heavy atom.